The van der Waals surface area contributed by atoms with E-state index in [2.05, 4.69) is 71.5 Å². The average Bonchev–Trinajstić information content (AvgIpc) is 2.68. The van der Waals surface area contributed by atoms with Crippen LogP contribution in [0.1, 0.15) is 29.2 Å². The van der Waals surface area contributed by atoms with Crippen molar-refractivity contribution < 1.29 is 9.47 Å². The predicted molar refractivity (Wildman–Crippen MR) is 119 cm³/mol. The van der Waals surface area contributed by atoms with Crippen LogP contribution in [0.15, 0.2) is 65.1 Å². The van der Waals surface area contributed by atoms with Crippen molar-refractivity contribution in [2.24, 2.45) is 0 Å². The summed E-state index contributed by atoms with van der Waals surface area (Å²) in [5.74, 6) is 1.49. The van der Waals surface area contributed by atoms with Crippen LogP contribution in [0.4, 0.5) is 5.69 Å². The summed E-state index contributed by atoms with van der Waals surface area (Å²) in [7, 11) is 0. The molecule has 0 aliphatic rings. The maximum Gasteiger partial charge on any atom is 0.175 e. The summed E-state index contributed by atoms with van der Waals surface area (Å²) in [6.07, 6.45) is 0. The lowest BCUT2D eigenvalue weighted by molar-refractivity contribution is 0.267. The average molecular weight is 440 g/mol. The van der Waals surface area contributed by atoms with E-state index in [0.29, 0.717) is 19.8 Å². The zero-order chi connectivity index (χ0) is 19.9. The van der Waals surface area contributed by atoms with Crippen LogP contribution in [0, 0.1) is 13.8 Å². The Hall–Kier alpha value is -2.46. The van der Waals surface area contributed by atoms with E-state index in [0.717, 1.165) is 32.8 Å². The van der Waals surface area contributed by atoms with Crippen molar-refractivity contribution in [3.8, 4) is 11.5 Å². The first-order valence-electron chi connectivity index (χ1n) is 9.50. The zero-order valence-corrected chi connectivity index (χ0v) is 18.2. The number of aryl methyl sites for hydroxylation is 2. The maximum absolute atomic E-state index is 6.06. The molecule has 0 fully saturated rings. The van der Waals surface area contributed by atoms with Crippen molar-refractivity contribution in [3.05, 3.63) is 87.4 Å². The number of benzene rings is 3. The Labute approximate surface area is 175 Å². The first-order valence-corrected chi connectivity index (χ1v) is 10.3. The molecule has 0 amide bonds. The summed E-state index contributed by atoms with van der Waals surface area (Å²) in [5, 5.41) is 3.51. The van der Waals surface area contributed by atoms with Crippen LogP contribution in [-0.2, 0) is 13.2 Å². The Balaban J connectivity index is 1.75. The summed E-state index contributed by atoms with van der Waals surface area (Å²) in [6.45, 7) is 8.01. The van der Waals surface area contributed by atoms with E-state index in [4.69, 9.17) is 9.47 Å². The lowest BCUT2D eigenvalue weighted by Crippen LogP contribution is -2.04. The van der Waals surface area contributed by atoms with Gasteiger partial charge in [0.15, 0.2) is 11.5 Å². The van der Waals surface area contributed by atoms with E-state index < -0.39 is 0 Å². The van der Waals surface area contributed by atoms with Gasteiger partial charge in [0.05, 0.1) is 11.1 Å². The van der Waals surface area contributed by atoms with Crippen molar-refractivity contribution >= 4 is 21.6 Å². The van der Waals surface area contributed by atoms with Crippen LogP contribution >= 0.6 is 15.9 Å². The van der Waals surface area contributed by atoms with E-state index in [1.165, 1.54) is 11.1 Å². The Bertz CT molecular complexity index is 925. The molecule has 1 N–H and O–H groups in total. The fraction of sp³-hybridized carbons (Fsp3) is 0.250. The van der Waals surface area contributed by atoms with E-state index in [-0.39, 0.29) is 0 Å². The summed E-state index contributed by atoms with van der Waals surface area (Å²) >= 11 is 3.66. The SMILES string of the molecule is CCOc1cc(CNc2ccc(C)cc2C)cc(Br)c1OCc1ccccc1. The highest BCUT2D eigenvalue weighted by atomic mass is 79.9. The Morgan fingerprint density at radius 2 is 1.68 bits per heavy atom. The lowest BCUT2D eigenvalue weighted by Gasteiger charge is -2.16. The number of nitrogens with one attached hydrogen (secondary N) is 1. The van der Waals surface area contributed by atoms with Crippen LogP contribution in [0.25, 0.3) is 0 Å². The highest BCUT2D eigenvalue weighted by Gasteiger charge is 2.13. The lowest BCUT2D eigenvalue weighted by atomic mass is 10.1. The van der Waals surface area contributed by atoms with Crippen LogP contribution < -0.4 is 14.8 Å². The second-order valence-corrected chi connectivity index (χ2v) is 7.64. The van der Waals surface area contributed by atoms with Crippen molar-refractivity contribution in [1.29, 1.82) is 0 Å². The molecular weight excluding hydrogens is 414 g/mol. The number of rotatable bonds is 8. The molecule has 28 heavy (non-hydrogen) atoms. The van der Waals surface area contributed by atoms with Gasteiger partial charge in [-0.25, -0.2) is 0 Å². The molecule has 3 aromatic rings. The molecule has 0 bridgehead atoms. The first-order chi connectivity index (χ1) is 13.6. The minimum Gasteiger partial charge on any atom is -0.490 e. The van der Waals surface area contributed by atoms with Crippen LogP contribution in [-0.4, -0.2) is 6.61 Å². The van der Waals surface area contributed by atoms with E-state index in [1.807, 2.05) is 31.2 Å². The topological polar surface area (TPSA) is 30.5 Å². The maximum atomic E-state index is 6.06. The Morgan fingerprint density at radius 1 is 0.893 bits per heavy atom. The van der Waals surface area contributed by atoms with Crippen LogP contribution in [0.2, 0.25) is 0 Å². The highest BCUT2D eigenvalue weighted by Crippen LogP contribution is 2.37. The molecule has 0 spiro atoms. The van der Waals surface area contributed by atoms with Gasteiger partial charge in [-0.3, -0.25) is 0 Å². The number of hydrogen-bond donors (Lipinski definition) is 1. The number of ether oxygens (including phenoxy) is 2. The van der Waals surface area contributed by atoms with Gasteiger partial charge >= 0.3 is 0 Å². The molecule has 0 aromatic heterocycles. The molecule has 3 aromatic carbocycles. The van der Waals surface area contributed by atoms with Gasteiger partial charge in [-0.05, 0) is 71.6 Å². The van der Waals surface area contributed by atoms with Gasteiger partial charge in [-0.2, -0.15) is 0 Å². The number of anilines is 1. The predicted octanol–water partition coefficient (Wildman–Crippen LogP) is 6.66. The molecule has 0 aliphatic carbocycles. The Kier molecular flexibility index (Phi) is 6.99. The van der Waals surface area contributed by atoms with Crippen molar-refractivity contribution in [1.82, 2.24) is 0 Å². The molecule has 0 saturated heterocycles. The molecule has 0 aliphatic heterocycles. The smallest absolute Gasteiger partial charge is 0.175 e. The van der Waals surface area contributed by atoms with Gasteiger partial charge in [-0.15, -0.1) is 0 Å². The van der Waals surface area contributed by atoms with Crippen LogP contribution in [0.3, 0.4) is 0 Å². The summed E-state index contributed by atoms with van der Waals surface area (Å²) in [4.78, 5) is 0. The van der Waals surface area contributed by atoms with Gasteiger partial charge in [0, 0.05) is 12.2 Å². The fourth-order valence-electron chi connectivity index (χ4n) is 3.07. The van der Waals surface area contributed by atoms with E-state index in [9.17, 15) is 0 Å². The number of halogens is 1. The van der Waals surface area contributed by atoms with E-state index in [1.54, 1.807) is 0 Å². The quantitative estimate of drug-likeness (QED) is 0.425. The summed E-state index contributed by atoms with van der Waals surface area (Å²) in [5.41, 5.74) is 5.90. The highest BCUT2D eigenvalue weighted by molar-refractivity contribution is 9.10. The van der Waals surface area contributed by atoms with Gasteiger partial charge in [0.1, 0.15) is 6.61 Å². The molecule has 0 unspecified atom stereocenters. The van der Waals surface area contributed by atoms with Gasteiger partial charge < -0.3 is 14.8 Å². The third-order valence-corrected chi connectivity index (χ3v) is 5.05. The molecule has 4 heteroatoms. The van der Waals surface area contributed by atoms with Crippen molar-refractivity contribution in [2.45, 2.75) is 33.9 Å². The second-order valence-electron chi connectivity index (χ2n) is 6.78. The number of hydrogen-bond acceptors (Lipinski definition) is 3. The van der Waals surface area contributed by atoms with E-state index >= 15 is 0 Å². The summed E-state index contributed by atoms with van der Waals surface area (Å²) < 4.78 is 12.8. The molecule has 146 valence electrons. The third-order valence-electron chi connectivity index (χ3n) is 4.46. The minimum atomic E-state index is 0.500. The standard InChI is InChI=1S/C24H26BrNO2/c1-4-27-23-14-20(15-26-22-11-10-17(2)12-18(22)3)13-21(25)24(23)28-16-19-8-6-5-7-9-19/h5-14,26H,4,15-16H2,1-3H3. The monoisotopic (exact) mass is 439 g/mol. The largest absolute Gasteiger partial charge is 0.490 e. The minimum absolute atomic E-state index is 0.500. The normalized spacial score (nSPS) is 10.6. The third kappa shape index (κ3) is 5.29. The van der Waals surface area contributed by atoms with Crippen molar-refractivity contribution in [3.63, 3.8) is 0 Å². The van der Waals surface area contributed by atoms with Crippen LogP contribution in [0.5, 0.6) is 11.5 Å². The molecule has 0 atom stereocenters. The summed E-state index contributed by atoms with van der Waals surface area (Å²) in [6, 6.07) is 20.7. The molecule has 3 nitrogen and oxygen atoms in total. The zero-order valence-electron chi connectivity index (χ0n) is 16.6. The van der Waals surface area contributed by atoms with Gasteiger partial charge in [-0.1, -0.05) is 48.0 Å². The second kappa shape index (κ2) is 9.65. The molecule has 0 saturated carbocycles. The molecule has 0 heterocycles. The molecular formula is C24H26BrNO2. The molecule has 3 rings (SSSR count). The fourth-order valence-corrected chi connectivity index (χ4v) is 3.67. The molecule has 0 radical (unpaired) electrons. The van der Waals surface area contributed by atoms with Crippen molar-refractivity contribution in [2.75, 3.05) is 11.9 Å². The van der Waals surface area contributed by atoms with Gasteiger partial charge in [0.2, 0.25) is 0 Å². The van der Waals surface area contributed by atoms with Gasteiger partial charge in [0.25, 0.3) is 0 Å². The Morgan fingerprint density at radius 3 is 2.39 bits per heavy atom. The first kappa shape index (κ1) is 20.3.